The summed E-state index contributed by atoms with van der Waals surface area (Å²) >= 11 is 0. The van der Waals surface area contributed by atoms with Crippen molar-refractivity contribution < 1.29 is 30.7 Å². The number of rotatable bonds is 0. The van der Waals surface area contributed by atoms with E-state index in [0.717, 1.165) is 18.2 Å². The first-order chi connectivity index (χ1) is 9.59. The molecule has 0 fully saturated rings. The lowest BCUT2D eigenvalue weighted by atomic mass is 9.97. The van der Waals surface area contributed by atoms with Crippen molar-refractivity contribution in [2.75, 3.05) is 0 Å². The Labute approximate surface area is 114 Å². The molecule has 0 aromatic heterocycles. The second-order valence-electron chi connectivity index (χ2n) is 4.30. The lowest BCUT2D eigenvalue weighted by Crippen LogP contribution is -2.22. The first kappa shape index (κ1) is 15.4. The third kappa shape index (κ3) is 3.37. The molecule has 1 atom stereocenters. The van der Waals surface area contributed by atoms with Crippen LogP contribution in [0, 0.1) is 0 Å². The third-order valence-electron chi connectivity index (χ3n) is 2.84. The van der Waals surface area contributed by atoms with Crippen molar-refractivity contribution in [3.05, 3.63) is 59.0 Å². The molecule has 1 aliphatic heterocycles. The molecule has 21 heavy (non-hydrogen) atoms. The summed E-state index contributed by atoms with van der Waals surface area (Å²) in [6.45, 7) is 0. The van der Waals surface area contributed by atoms with E-state index in [9.17, 15) is 30.7 Å². The van der Waals surface area contributed by atoms with Crippen molar-refractivity contribution in [1.29, 1.82) is 0 Å². The van der Waals surface area contributed by atoms with Crippen LogP contribution in [0.25, 0.3) is 0 Å². The second kappa shape index (κ2) is 5.09. The van der Waals surface area contributed by atoms with E-state index in [1.165, 1.54) is 0 Å². The lowest BCUT2D eigenvalue weighted by Gasteiger charge is -2.20. The van der Waals surface area contributed by atoms with E-state index < -0.39 is 29.7 Å². The van der Waals surface area contributed by atoms with E-state index in [-0.39, 0.29) is 11.3 Å². The summed E-state index contributed by atoms with van der Waals surface area (Å²) in [5.74, 6) is 0. The summed E-state index contributed by atoms with van der Waals surface area (Å²) in [5, 5.41) is 2.24. The van der Waals surface area contributed by atoms with Crippen LogP contribution >= 0.6 is 0 Å². The Bertz CT molecular complexity index is 585. The highest BCUT2D eigenvalue weighted by atomic mass is 19.4. The number of nitrogens with one attached hydrogen (secondary N) is 1. The zero-order valence-corrected chi connectivity index (χ0v) is 10.2. The molecule has 1 N–H and O–H groups in total. The Morgan fingerprint density at radius 3 is 1.81 bits per heavy atom. The van der Waals surface area contributed by atoms with Crippen LogP contribution < -0.4 is 5.32 Å². The molecule has 0 saturated carbocycles. The van der Waals surface area contributed by atoms with Crippen LogP contribution in [0.2, 0.25) is 0 Å². The molecule has 0 bridgehead atoms. The van der Waals surface area contributed by atoms with Crippen LogP contribution in [-0.4, -0.2) is 18.5 Å². The zero-order chi connectivity index (χ0) is 15.8. The van der Waals surface area contributed by atoms with Crippen LogP contribution in [-0.2, 0) is 0 Å². The standard InChI is InChI=1S/C13H8F7N/c14-10-5-7(12(15,16)17)1-3-9(10)11-4-2-8(6-21-11)13(18,19)20/h1-6,10,21H. The van der Waals surface area contributed by atoms with E-state index in [4.69, 9.17) is 0 Å². The number of halogens is 7. The maximum absolute atomic E-state index is 13.7. The average Bonchev–Trinajstić information content (AvgIpc) is 2.36. The Hall–Kier alpha value is -1.99. The molecule has 0 radical (unpaired) electrons. The molecule has 0 spiro atoms. The van der Waals surface area contributed by atoms with Crippen LogP contribution in [0.4, 0.5) is 30.7 Å². The van der Waals surface area contributed by atoms with Crippen molar-refractivity contribution in [2.45, 2.75) is 18.5 Å². The van der Waals surface area contributed by atoms with E-state index in [2.05, 4.69) is 5.32 Å². The molecule has 8 heteroatoms. The molecule has 2 rings (SSSR count). The smallest absolute Gasteiger partial charge is 0.361 e. The van der Waals surface area contributed by atoms with Crippen molar-refractivity contribution in [1.82, 2.24) is 5.32 Å². The number of allylic oxidation sites excluding steroid dienone is 8. The van der Waals surface area contributed by atoms with E-state index in [1.807, 2.05) is 0 Å². The molecular weight excluding hydrogens is 303 g/mol. The SMILES string of the molecule is FC1C=C(C(F)(F)F)C=CC1=C1C=CC(C(F)(F)F)=CN1. The lowest BCUT2D eigenvalue weighted by molar-refractivity contribution is -0.0897. The summed E-state index contributed by atoms with van der Waals surface area (Å²) in [7, 11) is 0. The Kier molecular flexibility index (Phi) is 3.73. The predicted molar refractivity (Wildman–Crippen MR) is 61.6 cm³/mol. The van der Waals surface area contributed by atoms with E-state index >= 15 is 0 Å². The number of hydrogen-bond donors (Lipinski definition) is 1. The first-order valence-electron chi connectivity index (χ1n) is 5.66. The molecule has 1 heterocycles. The highest BCUT2D eigenvalue weighted by molar-refractivity contribution is 5.49. The highest BCUT2D eigenvalue weighted by Crippen LogP contribution is 2.34. The van der Waals surface area contributed by atoms with E-state index in [1.54, 1.807) is 0 Å². The first-order valence-corrected chi connectivity index (χ1v) is 5.66. The Balaban J connectivity index is 2.23. The van der Waals surface area contributed by atoms with Gasteiger partial charge in [-0.15, -0.1) is 0 Å². The van der Waals surface area contributed by atoms with Gasteiger partial charge in [0.2, 0.25) is 0 Å². The summed E-state index contributed by atoms with van der Waals surface area (Å²) in [4.78, 5) is 0. The van der Waals surface area contributed by atoms with Gasteiger partial charge in [-0.2, -0.15) is 26.3 Å². The zero-order valence-electron chi connectivity index (χ0n) is 10.2. The van der Waals surface area contributed by atoms with Crippen LogP contribution in [0.3, 0.4) is 0 Å². The molecular formula is C13H8F7N. The van der Waals surface area contributed by atoms with Crippen LogP contribution in [0.15, 0.2) is 59.0 Å². The van der Waals surface area contributed by atoms with Crippen molar-refractivity contribution in [3.8, 4) is 0 Å². The summed E-state index contributed by atoms with van der Waals surface area (Å²) in [6.07, 6.45) is -7.00. The average molecular weight is 311 g/mol. The number of hydrogen-bond acceptors (Lipinski definition) is 1. The molecule has 0 aromatic carbocycles. The number of alkyl halides is 7. The van der Waals surface area contributed by atoms with Gasteiger partial charge < -0.3 is 5.32 Å². The van der Waals surface area contributed by atoms with Crippen LogP contribution in [0.1, 0.15) is 0 Å². The largest absolute Gasteiger partial charge is 0.417 e. The molecule has 0 amide bonds. The molecule has 1 aliphatic carbocycles. The number of dihydropyridines is 1. The summed E-state index contributed by atoms with van der Waals surface area (Å²) < 4.78 is 88.1. The van der Waals surface area contributed by atoms with Gasteiger partial charge in [-0.05, 0) is 24.3 Å². The minimum Gasteiger partial charge on any atom is -0.361 e. The fraction of sp³-hybridized carbons (Fsp3) is 0.231. The maximum Gasteiger partial charge on any atom is 0.417 e. The van der Waals surface area contributed by atoms with Crippen molar-refractivity contribution in [3.63, 3.8) is 0 Å². The molecule has 114 valence electrons. The summed E-state index contributed by atoms with van der Waals surface area (Å²) in [6, 6.07) is 0. The molecule has 1 unspecified atom stereocenters. The van der Waals surface area contributed by atoms with Gasteiger partial charge in [-0.3, -0.25) is 0 Å². The predicted octanol–water partition coefficient (Wildman–Crippen LogP) is 4.24. The Morgan fingerprint density at radius 1 is 0.810 bits per heavy atom. The van der Waals surface area contributed by atoms with Crippen LogP contribution in [0.5, 0.6) is 0 Å². The molecule has 2 aliphatic rings. The van der Waals surface area contributed by atoms with Gasteiger partial charge in [0.15, 0.2) is 0 Å². The van der Waals surface area contributed by atoms with Gasteiger partial charge in [0, 0.05) is 17.5 Å². The quantitative estimate of drug-likeness (QED) is 0.660. The monoisotopic (exact) mass is 311 g/mol. The fourth-order valence-electron chi connectivity index (χ4n) is 1.78. The molecule has 1 nitrogen and oxygen atoms in total. The normalized spacial score (nSPS) is 26.3. The van der Waals surface area contributed by atoms with Crippen molar-refractivity contribution >= 4 is 0 Å². The topological polar surface area (TPSA) is 12.0 Å². The third-order valence-corrected chi connectivity index (χ3v) is 2.84. The van der Waals surface area contributed by atoms with Gasteiger partial charge in [0.25, 0.3) is 0 Å². The highest BCUT2D eigenvalue weighted by Gasteiger charge is 2.36. The van der Waals surface area contributed by atoms with Gasteiger partial charge >= 0.3 is 12.4 Å². The molecule has 0 saturated heterocycles. The van der Waals surface area contributed by atoms with Gasteiger partial charge in [0.05, 0.1) is 11.1 Å². The minimum absolute atomic E-state index is 0.0239. The van der Waals surface area contributed by atoms with E-state index in [0.29, 0.717) is 18.4 Å². The summed E-state index contributed by atoms with van der Waals surface area (Å²) in [5.41, 5.74) is -2.29. The maximum atomic E-state index is 13.7. The second-order valence-corrected chi connectivity index (χ2v) is 4.30. The van der Waals surface area contributed by atoms with Gasteiger partial charge in [-0.25, -0.2) is 4.39 Å². The Morgan fingerprint density at radius 2 is 1.38 bits per heavy atom. The van der Waals surface area contributed by atoms with Gasteiger partial charge in [0.1, 0.15) is 6.17 Å². The molecule has 0 aromatic rings. The van der Waals surface area contributed by atoms with Gasteiger partial charge in [-0.1, -0.05) is 6.08 Å². The minimum atomic E-state index is -4.67. The fourth-order valence-corrected chi connectivity index (χ4v) is 1.78. The van der Waals surface area contributed by atoms with Crippen molar-refractivity contribution in [2.24, 2.45) is 0 Å².